The standard InChI is InChI=1S/C19H42N4O2/c1-7-20-19(21-11-10-12-25-14-13-24-6)22-16-18(15-17(4)5)23(8-2)9-3/h17-18H,7-16H2,1-6H3,(H2,20,21,22). The van der Waals surface area contributed by atoms with E-state index in [2.05, 4.69) is 50.2 Å². The molecule has 0 saturated heterocycles. The summed E-state index contributed by atoms with van der Waals surface area (Å²) in [6, 6.07) is 0.503. The third-order valence-electron chi connectivity index (χ3n) is 4.07. The van der Waals surface area contributed by atoms with E-state index in [1.54, 1.807) is 7.11 Å². The Labute approximate surface area is 155 Å². The smallest absolute Gasteiger partial charge is 0.191 e. The van der Waals surface area contributed by atoms with Gasteiger partial charge in [-0.25, -0.2) is 0 Å². The highest BCUT2D eigenvalue weighted by Crippen LogP contribution is 2.12. The number of hydrogen-bond donors (Lipinski definition) is 2. The van der Waals surface area contributed by atoms with Crippen LogP contribution in [-0.2, 0) is 9.47 Å². The normalized spacial score (nSPS) is 13.5. The highest BCUT2D eigenvalue weighted by molar-refractivity contribution is 5.79. The van der Waals surface area contributed by atoms with Crippen molar-refractivity contribution in [3.63, 3.8) is 0 Å². The molecule has 0 amide bonds. The summed E-state index contributed by atoms with van der Waals surface area (Å²) in [5, 5.41) is 6.74. The van der Waals surface area contributed by atoms with Crippen LogP contribution in [0.5, 0.6) is 0 Å². The molecule has 0 aliphatic heterocycles. The molecular formula is C19H42N4O2. The molecule has 0 fully saturated rings. The van der Waals surface area contributed by atoms with Crippen molar-refractivity contribution < 1.29 is 9.47 Å². The Morgan fingerprint density at radius 3 is 2.32 bits per heavy atom. The fourth-order valence-electron chi connectivity index (χ4n) is 2.79. The van der Waals surface area contributed by atoms with Gasteiger partial charge in [0.15, 0.2) is 5.96 Å². The highest BCUT2D eigenvalue weighted by atomic mass is 16.5. The first kappa shape index (κ1) is 24.1. The quantitative estimate of drug-likeness (QED) is 0.267. The molecule has 0 aromatic rings. The van der Waals surface area contributed by atoms with Crippen LogP contribution in [0.3, 0.4) is 0 Å². The molecule has 0 aliphatic carbocycles. The molecular weight excluding hydrogens is 316 g/mol. The van der Waals surface area contributed by atoms with Gasteiger partial charge in [0.05, 0.1) is 19.8 Å². The van der Waals surface area contributed by atoms with Crippen molar-refractivity contribution in [3.05, 3.63) is 0 Å². The van der Waals surface area contributed by atoms with Gasteiger partial charge in [0.25, 0.3) is 0 Å². The van der Waals surface area contributed by atoms with Crippen molar-refractivity contribution >= 4 is 5.96 Å². The van der Waals surface area contributed by atoms with Crippen LogP contribution in [0.1, 0.15) is 47.5 Å². The third kappa shape index (κ3) is 13.1. The number of aliphatic imine (C=N–C) groups is 1. The van der Waals surface area contributed by atoms with Crippen LogP contribution < -0.4 is 10.6 Å². The second-order valence-corrected chi connectivity index (χ2v) is 6.61. The molecule has 0 heterocycles. The number of rotatable bonds is 15. The third-order valence-corrected chi connectivity index (χ3v) is 4.07. The fourth-order valence-corrected chi connectivity index (χ4v) is 2.79. The minimum absolute atomic E-state index is 0.503. The summed E-state index contributed by atoms with van der Waals surface area (Å²) in [5.74, 6) is 1.58. The maximum atomic E-state index is 5.49. The lowest BCUT2D eigenvalue weighted by molar-refractivity contribution is 0.0698. The number of hydrogen-bond acceptors (Lipinski definition) is 4. The van der Waals surface area contributed by atoms with Crippen molar-refractivity contribution in [1.82, 2.24) is 15.5 Å². The van der Waals surface area contributed by atoms with E-state index in [0.29, 0.717) is 25.2 Å². The van der Waals surface area contributed by atoms with Crippen LogP contribution in [0.25, 0.3) is 0 Å². The predicted octanol–water partition coefficient (Wildman–Crippen LogP) is 2.35. The Balaban J connectivity index is 4.40. The van der Waals surface area contributed by atoms with Crippen molar-refractivity contribution in [1.29, 1.82) is 0 Å². The molecule has 0 rings (SSSR count). The fraction of sp³-hybridized carbons (Fsp3) is 0.947. The first-order valence-electron chi connectivity index (χ1n) is 9.91. The number of nitrogens with one attached hydrogen (secondary N) is 2. The van der Waals surface area contributed by atoms with E-state index < -0.39 is 0 Å². The Morgan fingerprint density at radius 2 is 1.76 bits per heavy atom. The van der Waals surface area contributed by atoms with E-state index in [1.165, 1.54) is 6.42 Å². The van der Waals surface area contributed by atoms with E-state index in [9.17, 15) is 0 Å². The number of nitrogens with zero attached hydrogens (tertiary/aromatic N) is 2. The Bertz CT molecular complexity index is 321. The molecule has 0 aromatic carbocycles. The molecule has 0 bridgehead atoms. The van der Waals surface area contributed by atoms with E-state index >= 15 is 0 Å². The van der Waals surface area contributed by atoms with Crippen LogP contribution in [0.4, 0.5) is 0 Å². The number of guanidine groups is 1. The zero-order valence-electron chi connectivity index (χ0n) is 17.4. The molecule has 6 nitrogen and oxygen atoms in total. The van der Waals surface area contributed by atoms with E-state index in [4.69, 9.17) is 14.5 Å². The molecule has 0 spiro atoms. The first-order valence-corrected chi connectivity index (χ1v) is 9.91. The highest BCUT2D eigenvalue weighted by Gasteiger charge is 2.17. The Morgan fingerprint density at radius 1 is 1.04 bits per heavy atom. The van der Waals surface area contributed by atoms with Gasteiger partial charge in [-0.1, -0.05) is 27.7 Å². The van der Waals surface area contributed by atoms with Gasteiger partial charge in [-0.15, -0.1) is 0 Å². The lowest BCUT2D eigenvalue weighted by Gasteiger charge is -2.30. The molecule has 25 heavy (non-hydrogen) atoms. The van der Waals surface area contributed by atoms with Crippen molar-refractivity contribution in [3.8, 4) is 0 Å². The maximum Gasteiger partial charge on any atom is 0.191 e. The summed E-state index contributed by atoms with van der Waals surface area (Å²) in [6.07, 6.45) is 2.14. The van der Waals surface area contributed by atoms with Crippen molar-refractivity contribution in [2.75, 3.05) is 59.7 Å². The second kappa shape index (κ2) is 16.6. The summed E-state index contributed by atoms with van der Waals surface area (Å²) >= 11 is 0. The molecule has 1 unspecified atom stereocenters. The second-order valence-electron chi connectivity index (χ2n) is 6.61. The minimum atomic E-state index is 0.503. The summed E-state index contributed by atoms with van der Waals surface area (Å²) < 4.78 is 10.5. The molecule has 150 valence electrons. The monoisotopic (exact) mass is 358 g/mol. The van der Waals surface area contributed by atoms with Crippen LogP contribution in [0, 0.1) is 5.92 Å². The van der Waals surface area contributed by atoms with Gasteiger partial charge >= 0.3 is 0 Å². The lowest BCUT2D eigenvalue weighted by Crippen LogP contribution is -2.41. The van der Waals surface area contributed by atoms with Crippen LogP contribution in [-0.4, -0.2) is 76.6 Å². The number of ether oxygens (including phenoxy) is 2. The maximum absolute atomic E-state index is 5.49. The number of likely N-dealkylation sites (N-methyl/N-ethyl adjacent to an activating group) is 1. The Kier molecular flexibility index (Phi) is 16.0. The van der Waals surface area contributed by atoms with Gasteiger partial charge < -0.3 is 20.1 Å². The van der Waals surface area contributed by atoms with Crippen molar-refractivity contribution in [2.24, 2.45) is 10.9 Å². The molecule has 1 atom stereocenters. The molecule has 6 heteroatoms. The zero-order chi connectivity index (χ0) is 18.9. The molecule has 0 aliphatic rings. The van der Waals surface area contributed by atoms with Crippen LogP contribution in [0.2, 0.25) is 0 Å². The van der Waals surface area contributed by atoms with Crippen molar-refractivity contribution in [2.45, 2.75) is 53.5 Å². The lowest BCUT2D eigenvalue weighted by atomic mass is 10.0. The van der Waals surface area contributed by atoms with E-state index in [1.807, 2.05) is 0 Å². The SMILES string of the molecule is CCNC(=NCC(CC(C)C)N(CC)CC)NCCCOCCOC. The van der Waals surface area contributed by atoms with Gasteiger partial charge in [-0.3, -0.25) is 9.89 Å². The van der Waals surface area contributed by atoms with Gasteiger partial charge in [0.2, 0.25) is 0 Å². The minimum Gasteiger partial charge on any atom is -0.382 e. The van der Waals surface area contributed by atoms with Gasteiger partial charge in [-0.05, 0) is 38.8 Å². The molecule has 0 saturated carbocycles. The summed E-state index contributed by atoms with van der Waals surface area (Å²) in [5.41, 5.74) is 0. The summed E-state index contributed by atoms with van der Waals surface area (Å²) in [4.78, 5) is 7.33. The summed E-state index contributed by atoms with van der Waals surface area (Å²) in [6.45, 7) is 17.9. The molecule has 0 radical (unpaired) electrons. The number of methoxy groups -OCH3 is 1. The molecule has 2 N–H and O–H groups in total. The zero-order valence-corrected chi connectivity index (χ0v) is 17.4. The van der Waals surface area contributed by atoms with Crippen LogP contribution >= 0.6 is 0 Å². The molecule has 0 aromatic heterocycles. The average molecular weight is 359 g/mol. The van der Waals surface area contributed by atoms with E-state index in [-0.39, 0.29) is 0 Å². The predicted molar refractivity (Wildman–Crippen MR) is 107 cm³/mol. The van der Waals surface area contributed by atoms with E-state index in [0.717, 1.165) is 51.7 Å². The Hall–Kier alpha value is -0.850. The van der Waals surface area contributed by atoms with Gasteiger partial charge in [0, 0.05) is 32.8 Å². The summed E-state index contributed by atoms with van der Waals surface area (Å²) in [7, 11) is 1.69. The van der Waals surface area contributed by atoms with Gasteiger partial charge in [0.1, 0.15) is 0 Å². The van der Waals surface area contributed by atoms with Crippen LogP contribution in [0.15, 0.2) is 4.99 Å². The first-order chi connectivity index (χ1) is 12.1. The average Bonchev–Trinajstić information content (AvgIpc) is 2.58. The topological polar surface area (TPSA) is 58.1 Å². The largest absolute Gasteiger partial charge is 0.382 e. The van der Waals surface area contributed by atoms with Gasteiger partial charge in [-0.2, -0.15) is 0 Å².